The molecule has 0 saturated heterocycles. The zero-order valence-corrected chi connectivity index (χ0v) is 21.4. The molecule has 1 rings (SSSR count). The van der Waals surface area contributed by atoms with E-state index in [1.165, 1.54) is 76.2 Å². The Hall–Kier alpha value is -1.07. The standard InChI is InChI=1S/C26H47NO3S/c1-5-7-9-11-13-15-17-24-18-19-25(29-20-16-14-12-10-8-6-2)26(21-24)30-31(28)27-22-23(3)4/h18-19,21,23,27H,5-17,20,22H2,1-4H3. The molecule has 0 radical (unpaired) electrons. The number of aryl methyl sites for hydroxylation is 1. The first-order chi connectivity index (χ1) is 15.1. The monoisotopic (exact) mass is 453 g/mol. The molecule has 4 nitrogen and oxygen atoms in total. The van der Waals surface area contributed by atoms with E-state index in [1.54, 1.807) is 0 Å². The van der Waals surface area contributed by atoms with Gasteiger partial charge in [0.15, 0.2) is 11.5 Å². The number of hydrogen-bond donors (Lipinski definition) is 1. The van der Waals surface area contributed by atoms with Crippen molar-refractivity contribution in [3.05, 3.63) is 23.8 Å². The van der Waals surface area contributed by atoms with Crippen LogP contribution in [0.5, 0.6) is 11.5 Å². The Labute approximate surface area is 194 Å². The van der Waals surface area contributed by atoms with Crippen LogP contribution in [0.15, 0.2) is 18.2 Å². The third kappa shape index (κ3) is 14.6. The maximum absolute atomic E-state index is 12.3. The van der Waals surface area contributed by atoms with Gasteiger partial charge in [0.25, 0.3) is 11.3 Å². The van der Waals surface area contributed by atoms with Gasteiger partial charge in [-0.05, 0) is 42.9 Å². The highest BCUT2D eigenvalue weighted by Gasteiger charge is 2.12. The lowest BCUT2D eigenvalue weighted by molar-refractivity contribution is 0.296. The highest BCUT2D eigenvalue weighted by Crippen LogP contribution is 2.30. The average molecular weight is 454 g/mol. The Balaban J connectivity index is 2.59. The molecule has 0 aromatic heterocycles. The number of rotatable bonds is 20. The van der Waals surface area contributed by atoms with Crippen molar-refractivity contribution >= 4 is 11.3 Å². The topological polar surface area (TPSA) is 47.6 Å². The van der Waals surface area contributed by atoms with Crippen LogP contribution < -0.4 is 13.6 Å². The van der Waals surface area contributed by atoms with Gasteiger partial charge < -0.3 is 8.92 Å². The van der Waals surface area contributed by atoms with Crippen molar-refractivity contribution in [3.8, 4) is 11.5 Å². The van der Waals surface area contributed by atoms with Gasteiger partial charge in [-0.25, -0.2) is 4.72 Å². The van der Waals surface area contributed by atoms with E-state index in [1.807, 2.05) is 12.1 Å². The predicted molar refractivity (Wildman–Crippen MR) is 134 cm³/mol. The van der Waals surface area contributed by atoms with Crippen LogP contribution in [0.1, 0.15) is 110 Å². The molecule has 31 heavy (non-hydrogen) atoms. The fourth-order valence-corrected chi connectivity index (χ4v) is 4.23. The van der Waals surface area contributed by atoms with Crippen LogP contribution in [-0.4, -0.2) is 17.4 Å². The van der Waals surface area contributed by atoms with Gasteiger partial charge in [-0.1, -0.05) is 98.0 Å². The van der Waals surface area contributed by atoms with E-state index in [9.17, 15) is 4.21 Å². The molecule has 1 aromatic carbocycles. The summed E-state index contributed by atoms with van der Waals surface area (Å²) >= 11 is -1.56. The first-order valence-electron chi connectivity index (χ1n) is 12.7. The molecule has 5 heteroatoms. The summed E-state index contributed by atoms with van der Waals surface area (Å²) < 4.78 is 27.0. The van der Waals surface area contributed by atoms with Crippen LogP contribution in [0, 0.1) is 5.92 Å². The van der Waals surface area contributed by atoms with Crippen LogP contribution in [0.2, 0.25) is 0 Å². The number of ether oxygens (including phenoxy) is 1. The minimum atomic E-state index is -1.56. The van der Waals surface area contributed by atoms with Crippen molar-refractivity contribution in [2.24, 2.45) is 5.92 Å². The molecule has 1 N–H and O–H groups in total. The van der Waals surface area contributed by atoms with Gasteiger partial charge in [0.1, 0.15) is 0 Å². The van der Waals surface area contributed by atoms with E-state index in [-0.39, 0.29) is 0 Å². The molecule has 0 bridgehead atoms. The Morgan fingerprint density at radius 1 is 0.839 bits per heavy atom. The van der Waals surface area contributed by atoms with E-state index in [0.29, 0.717) is 30.6 Å². The molecule has 1 atom stereocenters. The van der Waals surface area contributed by atoms with Crippen LogP contribution in [0.25, 0.3) is 0 Å². The van der Waals surface area contributed by atoms with Crippen LogP contribution in [0.4, 0.5) is 0 Å². The molecule has 0 spiro atoms. The lowest BCUT2D eigenvalue weighted by Crippen LogP contribution is -2.25. The van der Waals surface area contributed by atoms with Gasteiger partial charge in [-0.2, -0.15) is 4.21 Å². The summed E-state index contributed by atoms with van der Waals surface area (Å²) in [7, 11) is 0. The summed E-state index contributed by atoms with van der Waals surface area (Å²) in [6.07, 6.45) is 16.1. The Morgan fingerprint density at radius 3 is 2.10 bits per heavy atom. The van der Waals surface area contributed by atoms with Crippen LogP contribution in [-0.2, 0) is 17.7 Å². The second-order valence-electron chi connectivity index (χ2n) is 8.98. The van der Waals surface area contributed by atoms with Crippen molar-refractivity contribution in [3.63, 3.8) is 0 Å². The van der Waals surface area contributed by atoms with E-state index >= 15 is 0 Å². The summed E-state index contributed by atoms with van der Waals surface area (Å²) in [5.74, 6) is 1.69. The fourth-order valence-electron chi connectivity index (χ4n) is 3.41. The molecule has 180 valence electrons. The zero-order valence-electron chi connectivity index (χ0n) is 20.5. The fraction of sp³-hybridized carbons (Fsp3) is 0.769. The zero-order chi connectivity index (χ0) is 22.7. The minimum Gasteiger partial charge on any atom is -0.490 e. The lowest BCUT2D eigenvalue weighted by atomic mass is 10.0. The Morgan fingerprint density at radius 2 is 1.45 bits per heavy atom. The van der Waals surface area contributed by atoms with E-state index in [2.05, 4.69) is 38.5 Å². The van der Waals surface area contributed by atoms with E-state index in [0.717, 1.165) is 12.8 Å². The summed E-state index contributed by atoms with van der Waals surface area (Å²) in [5, 5.41) is 0. The van der Waals surface area contributed by atoms with Crippen LogP contribution in [0.3, 0.4) is 0 Å². The normalized spacial score (nSPS) is 12.3. The van der Waals surface area contributed by atoms with Gasteiger partial charge in [0, 0.05) is 6.54 Å². The number of nitrogens with one attached hydrogen (secondary N) is 1. The Bertz CT molecular complexity index is 592. The molecule has 0 amide bonds. The average Bonchev–Trinajstić information content (AvgIpc) is 2.75. The van der Waals surface area contributed by atoms with Crippen molar-refractivity contribution in [1.82, 2.24) is 4.72 Å². The maximum Gasteiger partial charge on any atom is 0.288 e. The third-order valence-corrected chi connectivity index (χ3v) is 6.09. The number of unbranched alkanes of at least 4 members (excludes halogenated alkanes) is 10. The summed E-state index contributed by atoms with van der Waals surface area (Å²) in [6.45, 7) is 9.97. The van der Waals surface area contributed by atoms with Crippen molar-refractivity contribution in [2.45, 2.75) is 111 Å². The molecule has 1 aromatic rings. The molecule has 0 aliphatic heterocycles. The second kappa shape index (κ2) is 18.5. The molecule has 0 heterocycles. The van der Waals surface area contributed by atoms with Crippen molar-refractivity contribution in [1.29, 1.82) is 0 Å². The quantitative estimate of drug-likeness (QED) is 0.208. The Kier molecular flexibility index (Phi) is 16.7. The molecule has 0 aliphatic carbocycles. The van der Waals surface area contributed by atoms with Gasteiger partial charge >= 0.3 is 0 Å². The molecular formula is C26H47NO3S. The minimum absolute atomic E-state index is 0.412. The summed E-state index contributed by atoms with van der Waals surface area (Å²) in [6, 6.07) is 6.12. The number of benzene rings is 1. The van der Waals surface area contributed by atoms with E-state index < -0.39 is 11.3 Å². The molecule has 0 fully saturated rings. The van der Waals surface area contributed by atoms with Gasteiger partial charge in [0.2, 0.25) is 0 Å². The predicted octanol–water partition coefficient (Wildman–Crippen LogP) is 7.53. The molecule has 0 aliphatic rings. The molecule has 0 saturated carbocycles. The summed E-state index contributed by atoms with van der Waals surface area (Å²) in [4.78, 5) is 0. The maximum atomic E-state index is 12.3. The SMILES string of the molecule is CCCCCCCCOc1ccc(CCCCCCCC)cc1OS(=O)NCC(C)C. The van der Waals surface area contributed by atoms with Crippen molar-refractivity contribution < 1.29 is 13.1 Å². The van der Waals surface area contributed by atoms with Crippen LogP contribution >= 0.6 is 0 Å². The third-order valence-electron chi connectivity index (χ3n) is 5.36. The largest absolute Gasteiger partial charge is 0.490 e. The first kappa shape index (κ1) is 28.0. The van der Waals surface area contributed by atoms with Gasteiger partial charge in [-0.15, -0.1) is 0 Å². The second-order valence-corrected chi connectivity index (χ2v) is 9.90. The number of hydrogen-bond acceptors (Lipinski definition) is 3. The van der Waals surface area contributed by atoms with E-state index in [4.69, 9.17) is 8.92 Å². The van der Waals surface area contributed by atoms with Gasteiger partial charge in [0.05, 0.1) is 6.61 Å². The molecule has 1 unspecified atom stereocenters. The van der Waals surface area contributed by atoms with Crippen molar-refractivity contribution in [2.75, 3.05) is 13.2 Å². The smallest absolute Gasteiger partial charge is 0.288 e. The van der Waals surface area contributed by atoms with Gasteiger partial charge in [-0.3, -0.25) is 0 Å². The highest BCUT2D eigenvalue weighted by atomic mass is 32.2. The highest BCUT2D eigenvalue weighted by molar-refractivity contribution is 7.78. The molecular weight excluding hydrogens is 406 g/mol. The summed E-state index contributed by atoms with van der Waals surface area (Å²) in [5.41, 5.74) is 1.22. The first-order valence-corrected chi connectivity index (χ1v) is 13.7. The lowest BCUT2D eigenvalue weighted by Gasteiger charge is -2.14.